The van der Waals surface area contributed by atoms with Gasteiger partial charge in [0.1, 0.15) is 0 Å². The number of rotatable bonds is 4. The van der Waals surface area contributed by atoms with Gasteiger partial charge < -0.3 is 0 Å². The van der Waals surface area contributed by atoms with Crippen LogP contribution in [0.2, 0.25) is 0 Å². The molecule has 0 radical (unpaired) electrons. The van der Waals surface area contributed by atoms with Crippen LogP contribution in [0.4, 0.5) is 0 Å². The third-order valence-corrected chi connectivity index (χ3v) is 5.80. The number of halogens is 2. The number of carbonyl (C=O) groups is 1. The molecule has 1 aliphatic carbocycles. The third-order valence-electron chi connectivity index (χ3n) is 3.46. The molecule has 1 saturated carbocycles. The van der Waals surface area contributed by atoms with E-state index in [1.165, 1.54) is 32.1 Å². The van der Waals surface area contributed by atoms with E-state index in [4.69, 9.17) is 0 Å². The first-order chi connectivity index (χ1) is 8.16. The summed E-state index contributed by atoms with van der Waals surface area (Å²) in [6.07, 6.45) is 8.50. The summed E-state index contributed by atoms with van der Waals surface area (Å²) in [5, 5.41) is 0. The van der Waals surface area contributed by atoms with Gasteiger partial charge in [0.15, 0.2) is 5.78 Å². The molecule has 17 heavy (non-hydrogen) atoms. The van der Waals surface area contributed by atoms with E-state index < -0.39 is 0 Å². The fourth-order valence-corrected chi connectivity index (χ4v) is 5.33. The Kier molecular flexibility index (Phi) is 5.25. The highest BCUT2D eigenvalue weighted by Crippen LogP contribution is 2.34. The monoisotopic (exact) mass is 378 g/mol. The van der Waals surface area contributed by atoms with E-state index in [9.17, 15) is 4.79 Å². The standard InChI is InChI=1S/C13H16Br2OS/c14-12-8-10(13(15)17-12)11(16)7-6-9-4-2-1-3-5-9/h8-9H,1-7H2. The summed E-state index contributed by atoms with van der Waals surface area (Å²) in [6, 6.07) is 1.93. The Labute approximate surface area is 123 Å². The van der Waals surface area contributed by atoms with E-state index >= 15 is 0 Å². The molecule has 0 saturated heterocycles. The third kappa shape index (κ3) is 3.90. The number of hydrogen-bond donors (Lipinski definition) is 0. The molecule has 0 amide bonds. The van der Waals surface area contributed by atoms with Crippen LogP contribution >= 0.6 is 43.2 Å². The van der Waals surface area contributed by atoms with Gasteiger partial charge in [-0.1, -0.05) is 32.1 Å². The minimum atomic E-state index is 0.282. The Morgan fingerprint density at radius 1 is 1.29 bits per heavy atom. The molecule has 94 valence electrons. The molecule has 1 aromatic heterocycles. The summed E-state index contributed by atoms with van der Waals surface area (Å²) in [4.78, 5) is 12.1. The smallest absolute Gasteiger partial charge is 0.164 e. The molecule has 0 spiro atoms. The second-order valence-electron chi connectivity index (χ2n) is 4.70. The SMILES string of the molecule is O=C(CCC1CCCCC1)c1cc(Br)sc1Br. The van der Waals surface area contributed by atoms with Crippen LogP contribution in [-0.2, 0) is 0 Å². The molecule has 0 N–H and O–H groups in total. The minimum Gasteiger partial charge on any atom is -0.294 e. The fourth-order valence-electron chi connectivity index (χ4n) is 2.48. The van der Waals surface area contributed by atoms with Crippen LogP contribution in [-0.4, -0.2) is 5.78 Å². The largest absolute Gasteiger partial charge is 0.294 e. The Bertz CT molecular complexity index is 394. The highest BCUT2D eigenvalue weighted by molar-refractivity contribution is 9.12. The van der Waals surface area contributed by atoms with Crippen LogP contribution in [0.5, 0.6) is 0 Å². The van der Waals surface area contributed by atoms with Crippen LogP contribution in [0.25, 0.3) is 0 Å². The molecular weight excluding hydrogens is 364 g/mol. The van der Waals surface area contributed by atoms with Crippen LogP contribution in [0.1, 0.15) is 55.3 Å². The average molecular weight is 380 g/mol. The Balaban J connectivity index is 1.86. The van der Waals surface area contributed by atoms with E-state index in [0.29, 0.717) is 6.42 Å². The van der Waals surface area contributed by atoms with Gasteiger partial charge in [0.25, 0.3) is 0 Å². The zero-order valence-corrected chi connectivity index (χ0v) is 13.7. The molecule has 0 aromatic carbocycles. The van der Waals surface area contributed by atoms with Crippen molar-refractivity contribution in [3.63, 3.8) is 0 Å². The Morgan fingerprint density at radius 2 is 2.00 bits per heavy atom. The summed E-state index contributed by atoms with van der Waals surface area (Å²) < 4.78 is 1.98. The first-order valence-electron chi connectivity index (χ1n) is 6.15. The molecule has 0 bridgehead atoms. The molecule has 1 fully saturated rings. The zero-order chi connectivity index (χ0) is 12.3. The van der Waals surface area contributed by atoms with Gasteiger partial charge >= 0.3 is 0 Å². The van der Waals surface area contributed by atoms with Gasteiger partial charge in [-0.3, -0.25) is 4.79 Å². The summed E-state index contributed by atoms with van der Waals surface area (Å²) >= 11 is 8.44. The van der Waals surface area contributed by atoms with Crippen molar-refractivity contribution in [2.24, 2.45) is 5.92 Å². The van der Waals surface area contributed by atoms with Gasteiger partial charge in [0.2, 0.25) is 0 Å². The number of thiophene rings is 1. The lowest BCUT2D eigenvalue weighted by atomic mass is 9.85. The Hall–Kier alpha value is 0.330. The van der Waals surface area contributed by atoms with Crippen LogP contribution in [0.15, 0.2) is 13.6 Å². The molecule has 0 aliphatic heterocycles. The maximum atomic E-state index is 12.1. The maximum absolute atomic E-state index is 12.1. The summed E-state index contributed by atoms with van der Waals surface area (Å²) in [6.45, 7) is 0. The van der Waals surface area contributed by atoms with Gasteiger partial charge in [-0.15, -0.1) is 11.3 Å². The van der Waals surface area contributed by atoms with Crippen molar-refractivity contribution >= 4 is 49.0 Å². The fraction of sp³-hybridized carbons (Fsp3) is 0.615. The topological polar surface area (TPSA) is 17.1 Å². The van der Waals surface area contributed by atoms with E-state index in [1.807, 2.05) is 6.07 Å². The number of Topliss-reactive ketones (excluding diaryl/α,β-unsaturated/α-hetero) is 1. The van der Waals surface area contributed by atoms with Gasteiger partial charge in [0, 0.05) is 12.0 Å². The molecular formula is C13H16Br2OS. The molecule has 1 aromatic rings. The van der Waals surface area contributed by atoms with Gasteiger partial charge in [-0.05, 0) is 50.3 Å². The van der Waals surface area contributed by atoms with Crippen molar-refractivity contribution in [2.45, 2.75) is 44.9 Å². The van der Waals surface area contributed by atoms with Crippen molar-refractivity contribution in [3.8, 4) is 0 Å². The number of carbonyl (C=O) groups excluding carboxylic acids is 1. The van der Waals surface area contributed by atoms with E-state index in [0.717, 1.165) is 25.5 Å². The normalized spacial score (nSPS) is 17.3. The molecule has 1 heterocycles. The van der Waals surface area contributed by atoms with Crippen molar-refractivity contribution in [1.82, 2.24) is 0 Å². The average Bonchev–Trinajstić information content (AvgIpc) is 2.67. The van der Waals surface area contributed by atoms with Crippen molar-refractivity contribution < 1.29 is 4.79 Å². The first kappa shape index (κ1) is 13.8. The van der Waals surface area contributed by atoms with E-state index in [1.54, 1.807) is 11.3 Å². The zero-order valence-electron chi connectivity index (χ0n) is 9.68. The van der Waals surface area contributed by atoms with Crippen LogP contribution in [0.3, 0.4) is 0 Å². The van der Waals surface area contributed by atoms with Crippen LogP contribution < -0.4 is 0 Å². The second kappa shape index (κ2) is 6.48. The molecule has 2 rings (SSSR count). The van der Waals surface area contributed by atoms with E-state index in [-0.39, 0.29) is 5.78 Å². The lowest BCUT2D eigenvalue weighted by molar-refractivity contribution is 0.0970. The quantitative estimate of drug-likeness (QED) is 0.602. The molecule has 4 heteroatoms. The first-order valence-corrected chi connectivity index (χ1v) is 8.55. The van der Waals surface area contributed by atoms with Crippen molar-refractivity contribution in [1.29, 1.82) is 0 Å². The Morgan fingerprint density at radius 3 is 2.59 bits per heavy atom. The predicted molar refractivity (Wildman–Crippen MR) is 79.9 cm³/mol. The molecule has 0 atom stereocenters. The minimum absolute atomic E-state index is 0.282. The van der Waals surface area contributed by atoms with Gasteiger partial charge in [0.05, 0.1) is 7.57 Å². The van der Waals surface area contributed by atoms with E-state index in [2.05, 4.69) is 31.9 Å². The lowest BCUT2D eigenvalue weighted by Crippen LogP contribution is -2.09. The highest BCUT2D eigenvalue weighted by atomic mass is 79.9. The second-order valence-corrected chi connectivity index (χ2v) is 8.45. The van der Waals surface area contributed by atoms with Gasteiger partial charge in [-0.25, -0.2) is 0 Å². The van der Waals surface area contributed by atoms with Crippen molar-refractivity contribution in [2.75, 3.05) is 0 Å². The predicted octanol–water partition coefficient (Wildman–Crippen LogP) is 5.82. The lowest BCUT2D eigenvalue weighted by Gasteiger charge is -2.20. The number of ketones is 1. The summed E-state index contributed by atoms with van der Waals surface area (Å²) in [7, 11) is 0. The highest BCUT2D eigenvalue weighted by Gasteiger charge is 2.18. The van der Waals surface area contributed by atoms with Crippen LogP contribution in [0, 0.1) is 5.92 Å². The molecule has 1 nitrogen and oxygen atoms in total. The molecule has 0 unspecified atom stereocenters. The summed E-state index contributed by atoms with van der Waals surface area (Å²) in [5.41, 5.74) is 0.845. The number of hydrogen-bond acceptors (Lipinski definition) is 2. The van der Waals surface area contributed by atoms with Crippen molar-refractivity contribution in [3.05, 3.63) is 19.2 Å². The van der Waals surface area contributed by atoms with Gasteiger partial charge in [-0.2, -0.15) is 0 Å². The molecule has 1 aliphatic rings. The maximum Gasteiger partial charge on any atom is 0.164 e. The summed E-state index contributed by atoms with van der Waals surface area (Å²) in [5.74, 6) is 1.07.